The lowest BCUT2D eigenvalue weighted by Crippen LogP contribution is -2.10. The summed E-state index contributed by atoms with van der Waals surface area (Å²) in [5.74, 6) is 1.36. The Morgan fingerprint density at radius 1 is 1.10 bits per heavy atom. The Morgan fingerprint density at radius 2 is 1.76 bits per heavy atom. The van der Waals surface area contributed by atoms with E-state index in [4.69, 9.17) is 39.0 Å². The van der Waals surface area contributed by atoms with Crippen molar-refractivity contribution < 1.29 is 9.47 Å². The van der Waals surface area contributed by atoms with Gasteiger partial charge in [0.25, 0.3) is 0 Å². The maximum Gasteiger partial charge on any atom is 0.139 e. The van der Waals surface area contributed by atoms with Gasteiger partial charge in [-0.25, -0.2) is 0 Å². The first-order valence-electron chi connectivity index (χ1n) is 6.17. The Bertz CT molecular complexity index is 634. The van der Waals surface area contributed by atoms with E-state index in [0.717, 1.165) is 15.8 Å². The van der Waals surface area contributed by atoms with Crippen LogP contribution in [0.25, 0.3) is 0 Å². The predicted octanol–water partition coefficient (Wildman–Crippen LogP) is 4.19. The van der Waals surface area contributed by atoms with Crippen molar-refractivity contribution >= 4 is 44.7 Å². The smallest absolute Gasteiger partial charge is 0.139 e. The van der Waals surface area contributed by atoms with Gasteiger partial charge in [-0.15, -0.1) is 0 Å². The zero-order valence-electron chi connectivity index (χ0n) is 11.0. The van der Waals surface area contributed by atoms with Gasteiger partial charge in [0.15, 0.2) is 0 Å². The summed E-state index contributed by atoms with van der Waals surface area (Å²) in [5, 5.41) is 0.569. The molecule has 0 saturated heterocycles. The molecular weight excluding hydrogens is 374 g/mol. The van der Waals surface area contributed by atoms with Gasteiger partial charge in [0.05, 0.1) is 5.02 Å². The summed E-state index contributed by atoms with van der Waals surface area (Å²) < 4.78 is 12.1. The van der Waals surface area contributed by atoms with Crippen LogP contribution in [0.2, 0.25) is 5.02 Å². The van der Waals surface area contributed by atoms with E-state index >= 15 is 0 Å². The van der Waals surface area contributed by atoms with Crippen LogP contribution in [0.1, 0.15) is 5.56 Å². The van der Waals surface area contributed by atoms with Gasteiger partial charge in [-0.1, -0.05) is 39.7 Å². The van der Waals surface area contributed by atoms with Crippen molar-refractivity contribution in [3.63, 3.8) is 0 Å². The highest BCUT2D eigenvalue weighted by Gasteiger charge is 2.03. The number of nitrogens with two attached hydrogens (primary N) is 1. The van der Waals surface area contributed by atoms with Gasteiger partial charge in [-0.3, -0.25) is 0 Å². The van der Waals surface area contributed by atoms with Gasteiger partial charge in [0, 0.05) is 10.0 Å². The van der Waals surface area contributed by atoms with E-state index in [1.807, 2.05) is 36.4 Å². The molecule has 110 valence electrons. The van der Waals surface area contributed by atoms with Gasteiger partial charge in [-0.2, -0.15) is 0 Å². The van der Waals surface area contributed by atoms with Crippen LogP contribution >= 0.6 is 39.7 Å². The molecule has 0 bridgehead atoms. The summed E-state index contributed by atoms with van der Waals surface area (Å²) in [6, 6.07) is 12.7. The molecule has 0 radical (unpaired) electrons. The third-order valence-corrected chi connectivity index (χ3v) is 3.68. The summed E-state index contributed by atoms with van der Waals surface area (Å²) in [6.45, 7) is 0.808. The van der Waals surface area contributed by atoms with Gasteiger partial charge in [-0.05, 0) is 42.5 Å². The van der Waals surface area contributed by atoms with Crippen molar-refractivity contribution in [1.29, 1.82) is 0 Å². The molecular formula is C15H13BrClNO2S. The highest BCUT2D eigenvalue weighted by molar-refractivity contribution is 9.10. The molecule has 0 fully saturated rings. The molecule has 0 amide bonds. The molecule has 0 atom stereocenters. The van der Waals surface area contributed by atoms with Crippen molar-refractivity contribution in [3.05, 3.63) is 57.5 Å². The third kappa shape index (κ3) is 4.88. The first kappa shape index (κ1) is 16.1. The summed E-state index contributed by atoms with van der Waals surface area (Å²) in [7, 11) is 0. The minimum atomic E-state index is 0.370. The maximum absolute atomic E-state index is 6.03. The average Bonchev–Trinajstić information content (AvgIpc) is 2.47. The first-order valence-corrected chi connectivity index (χ1v) is 7.74. The van der Waals surface area contributed by atoms with Crippen LogP contribution < -0.4 is 15.2 Å². The highest BCUT2D eigenvalue weighted by atomic mass is 79.9. The minimum Gasteiger partial charge on any atom is -0.490 e. The lowest BCUT2D eigenvalue weighted by Gasteiger charge is -2.10. The zero-order valence-corrected chi connectivity index (χ0v) is 14.2. The standard InChI is InChI=1S/C15H13BrClNO2S/c16-11-3-6-13(17)14(9-11)20-8-7-19-12-4-1-10(2-5-12)15(18)21/h1-6,9H,7-8H2,(H2,18,21). The topological polar surface area (TPSA) is 44.5 Å². The second kappa shape index (κ2) is 7.64. The fraction of sp³-hybridized carbons (Fsp3) is 0.133. The monoisotopic (exact) mass is 385 g/mol. The Morgan fingerprint density at radius 3 is 2.43 bits per heavy atom. The summed E-state index contributed by atoms with van der Waals surface area (Å²) in [6.07, 6.45) is 0. The molecule has 2 N–H and O–H groups in total. The Labute approximate surface area is 142 Å². The highest BCUT2D eigenvalue weighted by Crippen LogP contribution is 2.27. The number of hydrogen-bond acceptors (Lipinski definition) is 3. The summed E-state index contributed by atoms with van der Waals surface area (Å²) in [5.41, 5.74) is 6.34. The summed E-state index contributed by atoms with van der Waals surface area (Å²) >= 11 is 14.3. The third-order valence-electron chi connectivity index (χ3n) is 2.64. The molecule has 3 nitrogen and oxygen atoms in total. The fourth-order valence-electron chi connectivity index (χ4n) is 1.61. The molecule has 0 saturated carbocycles. The largest absolute Gasteiger partial charge is 0.490 e. The van der Waals surface area contributed by atoms with Gasteiger partial charge < -0.3 is 15.2 Å². The molecule has 0 aliphatic rings. The molecule has 6 heteroatoms. The minimum absolute atomic E-state index is 0.370. The van der Waals surface area contributed by atoms with E-state index in [1.165, 1.54) is 0 Å². The van der Waals surface area contributed by atoms with Crippen LogP contribution in [0.3, 0.4) is 0 Å². The lowest BCUT2D eigenvalue weighted by molar-refractivity contribution is 0.217. The van der Waals surface area contributed by atoms with E-state index in [-0.39, 0.29) is 0 Å². The number of thiocarbonyl (C=S) groups is 1. The van der Waals surface area contributed by atoms with Crippen molar-refractivity contribution in [3.8, 4) is 11.5 Å². The van der Waals surface area contributed by atoms with E-state index in [2.05, 4.69) is 15.9 Å². The molecule has 0 aromatic heterocycles. The maximum atomic E-state index is 6.03. The number of ether oxygens (including phenoxy) is 2. The number of rotatable bonds is 6. The molecule has 0 unspecified atom stereocenters. The zero-order chi connectivity index (χ0) is 15.2. The van der Waals surface area contributed by atoms with Gasteiger partial charge in [0.1, 0.15) is 29.7 Å². The molecule has 0 aliphatic heterocycles. The van der Waals surface area contributed by atoms with Crippen LogP contribution in [-0.4, -0.2) is 18.2 Å². The summed E-state index contributed by atoms with van der Waals surface area (Å²) in [4.78, 5) is 0.370. The fourth-order valence-corrected chi connectivity index (χ4v) is 2.26. The Balaban J connectivity index is 1.81. The Kier molecular flexibility index (Phi) is 5.85. The van der Waals surface area contributed by atoms with E-state index in [9.17, 15) is 0 Å². The number of hydrogen-bond donors (Lipinski definition) is 1. The normalized spacial score (nSPS) is 10.2. The predicted molar refractivity (Wildman–Crippen MR) is 92.5 cm³/mol. The van der Waals surface area contributed by atoms with Crippen LogP contribution in [0.5, 0.6) is 11.5 Å². The van der Waals surface area contributed by atoms with E-state index in [1.54, 1.807) is 6.07 Å². The number of benzene rings is 2. The van der Waals surface area contributed by atoms with Crippen molar-refractivity contribution in [2.45, 2.75) is 0 Å². The Hall–Kier alpha value is -1.30. The van der Waals surface area contributed by atoms with Crippen LogP contribution in [0, 0.1) is 0 Å². The van der Waals surface area contributed by atoms with Crippen molar-refractivity contribution in [1.82, 2.24) is 0 Å². The molecule has 0 aliphatic carbocycles. The molecule has 2 aromatic carbocycles. The van der Waals surface area contributed by atoms with Crippen LogP contribution in [0.4, 0.5) is 0 Å². The van der Waals surface area contributed by atoms with Crippen molar-refractivity contribution in [2.75, 3.05) is 13.2 Å². The molecule has 0 heterocycles. The van der Waals surface area contributed by atoms with Crippen LogP contribution in [-0.2, 0) is 0 Å². The average molecular weight is 387 g/mol. The number of halogens is 2. The molecule has 2 aromatic rings. The second-order valence-electron chi connectivity index (χ2n) is 4.16. The molecule has 2 rings (SSSR count). The van der Waals surface area contributed by atoms with E-state index in [0.29, 0.717) is 29.0 Å². The molecule has 0 spiro atoms. The van der Waals surface area contributed by atoms with Gasteiger partial charge >= 0.3 is 0 Å². The second-order valence-corrected chi connectivity index (χ2v) is 5.92. The van der Waals surface area contributed by atoms with E-state index < -0.39 is 0 Å². The van der Waals surface area contributed by atoms with Gasteiger partial charge in [0.2, 0.25) is 0 Å². The van der Waals surface area contributed by atoms with Crippen LogP contribution in [0.15, 0.2) is 46.9 Å². The quantitative estimate of drug-likeness (QED) is 0.597. The first-order chi connectivity index (χ1) is 10.1. The molecule has 21 heavy (non-hydrogen) atoms. The lowest BCUT2D eigenvalue weighted by atomic mass is 10.2. The SMILES string of the molecule is NC(=S)c1ccc(OCCOc2cc(Br)ccc2Cl)cc1. The van der Waals surface area contributed by atoms with Crippen molar-refractivity contribution in [2.24, 2.45) is 5.73 Å².